The molecule has 2 N–H and O–H groups in total. The van der Waals surface area contributed by atoms with Crippen LogP contribution in [-0.2, 0) is 16.0 Å². The maximum atomic E-state index is 12.2. The first-order valence-corrected chi connectivity index (χ1v) is 9.93. The molecule has 0 fully saturated rings. The zero-order valence-corrected chi connectivity index (χ0v) is 17.3. The molecule has 5 nitrogen and oxygen atoms in total. The molecule has 0 radical (unpaired) electrons. The molecule has 0 aliphatic heterocycles. The summed E-state index contributed by atoms with van der Waals surface area (Å²) < 4.78 is 5.61. The van der Waals surface area contributed by atoms with Gasteiger partial charge in [-0.05, 0) is 55.7 Å². The van der Waals surface area contributed by atoms with Gasteiger partial charge in [0.2, 0.25) is 5.91 Å². The highest BCUT2D eigenvalue weighted by atomic mass is 16.5. The van der Waals surface area contributed by atoms with Gasteiger partial charge in [-0.15, -0.1) is 0 Å². The average molecular weight is 402 g/mol. The van der Waals surface area contributed by atoms with E-state index in [1.165, 1.54) is 0 Å². The molecule has 0 saturated heterocycles. The molecule has 154 valence electrons. The summed E-state index contributed by atoms with van der Waals surface area (Å²) in [6, 6.07) is 22.8. The Hall–Kier alpha value is -3.60. The topological polar surface area (TPSA) is 67.4 Å². The fraction of sp³-hybridized carbons (Fsp3) is 0.200. The second-order valence-electron chi connectivity index (χ2n) is 7.22. The van der Waals surface area contributed by atoms with Crippen LogP contribution in [0.1, 0.15) is 23.1 Å². The Kier molecular flexibility index (Phi) is 7.22. The van der Waals surface area contributed by atoms with Gasteiger partial charge in [0.1, 0.15) is 5.75 Å². The molecular formula is C25H26N2O3. The van der Waals surface area contributed by atoms with E-state index < -0.39 is 0 Å². The van der Waals surface area contributed by atoms with Gasteiger partial charge >= 0.3 is 0 Å². The van der Waals surface area contributed by atoms with E-state index in [0.29, 0.717) is 30.0 Å². The van der Waals surface area contributed by atoms with E-state index in [9.17, 15) is 9.59 Å². The van der Waals surface area contributed by atoms with Crippen LogP contribution in [0, 0.1) is 13.8 Å². The van der Waals surface area contributed by atoms with Gasteiger partial charge < -0.3 is 15.4 Å². The molecule has 30 heavy (non-hydrogen) atoms. The Morgan fingerprint density at radius 1 is 0.800 bits per heavy atom. The molecule has 3 aromatic rings. The Morgan fingerprint density at radius 2 is 1.50 bits per heavy atom. The minimum atomic E-state index is -0.262. The van der Waals surface area contributed by atoms with E-state index in [1.54, 1.807) is 24.3 Å². The van der Waals surface area contributed by atoms with Crippen LogP contribution in [0.15, 0.2) is 72.8 Å². The van der Waals surface area contributed by atoms with Gasteiger partial charge in [-0.25, -0.2) is 0 Å². The number of amides is 2. The fourth-order valence-electron chi connectivity index (χ4n) is 3.10. The third-order valence-corrected chi connectivity index (χ3v) is 4.60. The molecule has 0 spiro atoms. The molecule has 0 saturated carbocycles. The second kappa shape index (κ2) is 10.3. The number of benzene rings is 3. The third kappa shape index (κ3) is 6.48. The smallest absolute Gasteiger partial charge is 0.262 e. The first kappa shape index (κ1) is 21.1. The maximum Gasteiger partial charge on any atom is 0.262 e. The van der Waals surface area contributed by atoms with E-state index in [1.807, 2.05) is 62.4 Å². The summed E-state index contributed by atoms with van der Waals surface area (Å²) in [6.45, 7) is 3.87. The van der Waals surface area contributed by atoms with Crippen LogP contribution in [0.4, 0.5) is 11.4 Å². The lowest BCUT2D eigenvalue weighted by molar-refractivity contribution is -0.118. The average Bonchev–Trinajstić information content (AvgIpc) is 2.73. The molecule has 3 rings (SSSR count). The van der Waals surface area contributed by atoms with Crippen molar-refractivity contribution in [3.8, 4) is 5.75 Å². The van der Waals surface area contributed by atoms with E-state index in [4.69, 9.17) is 4.74 Å². The van der Waals surface area contributed by atoms with Crippen LogP contribution in [0.2, 0.25) is 0 Å². The van der Waals surface area contributed by atoms with Crippen LogP contribution < -0.4 is 15.4 Å². The van der Waals surface area contributed by atoms with Gasteiger partial charge in [0.15, 0.2) is 6.61 Å². The van der Waals surface area contributed by atoms with Crippen LogP contribution in [0.25, 0.3) is 0 Å². The van der Waals surface area contributed by atoms with Crippen LogP contribution in [0.3, 0.4) is 0 Å². The number of anilines is 2. The number of hydrogen-bond acceptors (Lipinski definition) is 3. The quantitative estimate of drug-likeness (QED) is 0.564. The standard InChI is InChI=1S/C25H26N2O3/c1-18-11-13-23(19(2)15-18)30-17-25(29)27-22-10-6-9-21(16-22)26-24(28)14-12-20-7-4-3-5-8-20/h3-11,13,15-16H,12,14,17H2,1-2H3,(H,26,28)(H,27,29). The molecule has 0 bridgehead atoms. The number of nitrogens with one attached hydrogen (secondary N) is 2. The van der Waals surface area contributed by atoms with E-state index in [0.717, 1.165) is 16.7 Å². The summed E-state index contributed by atoms with van der Waals surface area (Å²) in [5.74, 6) is 0.359. The van der Waals surface area contributed by atoms with Crippen LogP contribution >= 0.6 is 0 Å². The van der Waals surface area contributed by atoms with Gasteiger partial charge in [-0.3, -0.25) is 9.59 Å². The number of aryl methyl sites for hydroxylation is 3. The second-order valence-corrected chi connectivity index (χ2v) is 7.22. The molecule has 3 aromatic carbocycles. The Labute approximate surface area is 177 Å². The highest BCUT2D eigenvalue weighted by molar-refractivity contribution is 5.94. The lowest BCUT2D eigenvalue weighted by atomic mass is 10.1. The van der Waals surface area contributed by atoms with Crippen molar-refractivity contribution in [3.63, 3.8) is 0 Å². The van der Waals surface area contributed by atoms with E-state index in [-0.39, 0.29) is 18.4 Å². The summed E-state index contributed by atoms with van der Waals surface area (Å²) in [5.41, 5.74) is 4.50. The van der Waals surface area contributed by atoms with Crippen molar-refractivity contribution in [2.24, 2.45) is 0 Å². The van der Waals surface area contributed by atoms with Crippen molar-refractivity contribution in [1.29, 1.82) is 0 Å². The zero-order valence-electron chi connectivity index (χ0n) is 17.3. The van der Waals surface area contributed by atoms with Crippen molar-refractivity contribution < 1.29 is 14.3 Å². The van der Waals surface area contributed by atoms with Crippen molar-refractivity contribution in [1.82, 2.24) is 0 Å². The van der Waals surface area contributed by atoms with Crippen molar-refractivity contribution in [2.45, 2.75) is 26.7 Å². The molecule has 0 aliphatic carbocycles. The number of carbonyl (C=O) groups is 2. The SMILES string of the molecule is Cc1ccc(OCC(=O)Nc2cccc(NC(=O)CCc3ccccc3)c2)c(C)c1. The lowest BCUT2D eigenvalue weighted by Crippen LogP contribution is -2.20. The first-order chi connectivity index (χ1) is 14.5. The Morgan fingerprint density at radius 3 is 2.20 bits per heavy atom. The number of ether oxygens (including phenoxy) is 1. The summed E-state index contributed by atoms with van der Waals surface area (Å²) in [7, 11) is 0. The lowest BCUT2D eigenvalue weighted by Gasteiger charge is -2.11. The highest BCUT2D eigenvalue weighted by Crippen LogP contribution is 2.19. The van der Waals surface area contributed by atoms with Gasteiger partial charge in [0.05, 0.1) is 0 Å². The van der Waals surface area contributed by atoms with E-state index >= 15 is 0 Å². The molecule has 0 aromatic heterocycles. The minimum Gasteiger partial charge on any atom is -0.483 e. The zero-order chi connectivity index (χ0) is 21.3. The van der Waals surface area contributed by atoms with E-state index in [2.05, 4.69) is 10.6 Å². The van der Waals surface area contributed by atoms with Crippen LogP contribution in [-0.4, -0.2) is 18.4 Å². The Bertz CT molecular complexity index is 1020. The van der Waals surface area contributed by atoms with Gasteiger partial charge in [0, 0.05) is 17.8 Å². The van der Waals surface area contributed by atoms with Crippen molar-refractivity contribution >= 4 is 23.2 Å². The number of hydrogen-bond donors (Lipinski definition) is 2. The fourth-order valence-corrected chi connectivity index (χ4v) is 3.10. The van der Waals surface area contributed by atoms with Gasteiger partial charge in [-0.1, -0.05) is 54.1 Å². The molecule has 0 unspecified atom stereocenters. The molecule has 5 heteroatoms. The van der Waals surface area contributed by atoms with Crippen LogP contribution in [0.5, 0.6) is 5.75 Å². The summed E-state index contributed by atoms with van der Waals surface area (Å²) in [6.07, 6.45) is 1.07. The largest absolute Gasteiger partial charge is 0.483 e. The summed E-state index contributed by atoms with van der Waals surface area (Å²) >= 11 is 0. The predicted octanol–water partition coefficient (Wildman–Crippen LogP) is 4.89. The molecule has 0 atom stereocenters. The maximum absolute atomic E-state index is 12.2. The number of carbonyl (C=O) groups excluding carboxylic acids is 2. The Balaban J connectivity index is 1.49. The van der Waals surface area contributed by atoms with Gasteiger partial charge in [0.25, 0.3) is 5.91 Å². The highest BCUT2D eigenvalue weighted by Gasteiger charge is 2.08. The first-order valence-electron chi connectivity index (χ1n) is 9.93. The molecule has 0 aliphatic rings. The van der Waals surface area contributed by atoms with Crippen molar-refractivity contribution in [2.75, 3.05) is 17.2 Å². The molecule has 2 amide bonds. The normalized spacial score (nSPS) is 10.3. The predicted molar refractivity (Wildman–Crippen MR) is 120 cm³/mol. The molecule has 0 heterocycles. The number of rotatable bonds is 8. The van der Waals surface area contributed by atoms with Gasteiger partial charge in [-0.2, -0.15) is 0 Å². The molecular weight excluding hydrogens is 376 g/mol. The summed E-state index contributed by atoms with van der Waals surface area (Å²) in [4.78, 5) is 24.4. The minimum absolute atomic E-state index is 0.0690. The summed E-state index contributed by atoms with van der Waals surface area (Å²) in [5, 5.41) is 5.67. The monoisotopic (exact) mass is 402 g/mol. The van der Waals surface area contributed by atoms with Crippen molar-refractivity contribution in [3.05, 3.63) is 89.5 Å². The third-order valence-electron chi connectivity index (χ3n) is 4.60.